The Bertz CT molecular complexity index is 896. The monoisotopic (exact) mass is 347 g/mol. The normalized spacial score (nSPS) is 12.4. The number of benzene rings is 2. The van der Waals surface area contributed by atoms with Gasteiger partial charge in [0.1, 0.15) is 11.6 Å². The number of carbonyl (C=O) groups excluding carboxylic acids is 1. The number of nitriles is 1. The molecule has 0 bridgehead atoms. The molecule has 0 heterocycles. The summed E-state index contributed by atoms with van der Waals surface area (Å²) >= 11 is 0. The summed E-state index contributed by atoms with van der Waals surface area (Å²) in [6, 6.07) is 17.2. The molecule has 2 aromatic rings. The maximum atomic E-state index is 12.2. The van der Waals surface area contributed by atoms with Crippen LogP contribution in [0.25, 0.3) is 6.08 Å². The van der Waals surface area contributed by atoms with Gasteiger partial charge in [0.15, 0.2) is 0 Å². The van der Waals surface area contributed by atoms with E-state index in [4.69, 9.17) is 0 Å². The van der Waals surface area contributed by atoms with Crippen molar-refractivity contribution in [1.82, 2.24) is 5.32 Å². The fourth-order valence-electron chi connectivity index (χ4n) is 2.31. The van der Waals surface area contributed by atoms with E-state index in [-0.39, 0.29) is 17.3 Å². The number of nitro benzene ring substituents is 1. The number of hydrogen-bond donors (Lipinski definition) is 1. The molecule has 2 rings (SSSR count). The van der Waals surface area contributed by atoms with Crippen LogP contribution in [0.3, 0.4) is 0 Å². The zero-order valence-electron chi connectivity index (χ0n) is 14.1. The molecule has 130 valence electrons. The second-order valence-corrected chi connectivity index (χ2v) is 5.47. The van der Waals surface area contributed by atoms with Crippen LogP contribution in [0.2, 0.25) is 0 Å². The minimum absolute atomic E-state index is 0.0437. The summed E-state index contributed by atoms with van der Waals surface area (Å²) in [5.41, 5.74) is 1.19. The molecule has 1 unspecified atom stereocenters. The van der Waals surface area contributed by atoms with Gasteiger partial charge in [0.05, 0.1) is 16.5 Å². The molecule has 0 radical (unpaired) electrons. The summed E-state index contributed by atoms with van der Waals surface area (Å²) in [5, 5.41) is 22.9. The van der Waals surface area contributed by atoms with E-state index in [1.807, 2.05) is 43.3 Å². The highest BCUT2D eigenvalue weighted by Crippen LogP contribution is 2.19. The number of nitrogens with one attached hydrogen (secondary N) is 1. The number of hydrogen-bond acceptors (Lipinski definition) is 4. The lowest BCUT2D eigenvalue weighted by Crippen LogP contribution is -2.27. The van der Waals surface area contributed by atoms with Gasteiger partial charge in [-0.15, -0.1) is 0 Å². The van der Waals surface area contributed by atoms with E-state index in [9.17, 15) is 20.2 Å². The molecule has 0 aliphatic heterocycles. The van der Waals surface area contributed by atoms with Crippen molar-refractivity contribution in [2.45, 2.75) is 13.0 Å². The number of nitrogens with zero attached hydrogens (tertiary/aromatic N) is 2. The maximum absolute atomic E-state index is 12.2. The molecule has 0 aromatic heterocycles. The molecule has 0 aliphatic rings. The Balaban J connectivity index is 2.12. The Labute approximate surface area is 151 Å². The Hall–Kier alpha value is -3.72. The summed E-state index contributed by atoms with van der Waals surface area (Å²) in [7, 11) is 0. The van der Waals surface area contributed by atoms with Gasteiger partial charge in [-0.3, -0.25) is 14.9 Å². The number of nitro groups is 1. The van der Waals surface area contributed by atoms with Crippen LogP contribution in [0.15, 0.2) is 72.3 Å². The van der Waals surface area contributed by atoms with Crippen molar-refractivity contribution < 1.29 is 9.72 Å². The molecule has 1 amide bonds. The molecule has 26 heavy (non-hydrogen) atoms. The zero-order valence-corrected chi connectivity index (χ0v) is 14.1. The fourth-order valence-corrected chi connectivity index (χ4v) is 2.31. The standard InChI is InChI=1S/C20H17N3O3/c1-15(16-8-3-2-4-9-16)22-20(24)18(14-21)12-7-11-17-10-5-6-13-19(17)23(25)26/h2-13,15H,1H3,(H,22,24)/b11-7+,18-12-. The minimum atomic E-state index is -0.504. The van der Waals surface area contributed by atoms with Crippen molar-refractivity contribution in [2.24, 2.45) is 0 Å². The fraction of sp³-hybridized carbons (Fsp3) is 0.100. The van der Waals surface area contributed by atoms with Crippen molar-refractivity contribution in [3.8, 4) is 6.07 Å². The van der Waals surface area contributed by atoms with Crippen molar-refractivity contribution in [3.63, 3.8) is 0 Å². The number of amides is 1. The first-order valence-corrected chi connectivity index (χ1v) is 7.90. The van der Waals surface area contributed by atoms with Gasteiger partial charge in [-0.25, -0.2) is 0 Å². The molecule has 6 heteroatoms. The van der Waals surface area contributed by atoms with E-state index in [1.165, 1.54) is 24.3 Å². The van der Waals surface area contributed by atoms with E-state index >= 15 is 0 Å². The van der Waals surface area contributed by atoms with Crippen molar-refractivity contribution in [1.29, 1.82) is 5.26 Å². The Morgan fingerprint density at radius 3 is 2.50 bits per heavy atom. The van der Waals surface area contributed by atoms with Gasteiger partial charge in [0.25, 0.3) is 11.6 Å². The predicted octanol–water partition coefficient (Wildman–Crippen LogP) is 3.94. The maximum Gasteiger partial charge on any atom is 0.276 e. The van der Waals surface area contributed by atoms with Gasteiger partial charge in [0, 0.05) is 6.07 Å². The van der Waals surface area contributed by atoms with Crippen LogP contribution in [-0.2, 0) is 4.79 Å². The molecule has 1 N–H and O–H groups in total. The van der Waals surface area contributed by atoms with Crippen molar-refractivity contribution in [2.75, 3.05) is 0 Å². The Morgan fingerprint density at radius 1 is 1.19 bits per heavy atom. The molecule has 2 aromatic carbocycles. The first-order chi connectivity index (χ1) is 12.5. The molecule has 0 fully saturated rings. The molecule has 0 aliphatic carbocycles. The Morgan fingerprint density at radius 2 is 1.85 bits per heavy atom. The largest absolute Gasteiger partial charge is 0.345 e. The molecule has 0 spiro atoms. The molecule has 1 atom stereocenters. The van der Waals surface area contributed by atoms with Gasteiger partial charge < -0.3 is 5.32 Å². The van der Waals surface area contributed by atoms with Crippen LogP contribution < -0.4 is 5.32 Å². The average molecular weight is 347 g/mol. The first-order valence-electron chi connectivity index (χ1n) is 7.90. The van der Waals surface area contributed by atoms with Crippen LogP contribution >= 0.6 is 0 Å². The molecule has 0 saturated heterocycles. The summed E-state index contributed by atoms with van der Waals surface area (Å²) in [6.07, 6.45) is 4.28. The third kappa shape index (κ3) is 4.89. The average Bonchev–Trinajstić information content (AvgIpc) is 2.66. The van der Waals surface area contributed by atoms with E-state index in [2.05, 4.69) is 5.32 Å². The third-order valence-electron chi connectivity index (χ3n) is 3.68. The van der Waals surface area contributed by atoms with Crippen LogP contribution in [0.1, 0.15) is 24.1 Å². The molecule has 0 saturated carbocycles. The third-order valence-corrected chi connectivity index (χ3v) is 3.68. The minimum Gasteiger partial charge on any atom is -0.345 e. The van der Waals surface area contributed by atoms with Crippen molar-refractivity contribution >= 4 is 17.7 Å². The van der Waals surface area contributed by atoms with E-state index in [0.717, 1.165) is 5.56 Å². The lowest BCUT2D eigenvalue weighted by molar-refractivity contribution is -0.385. The molecular formula is C20H17N3O3. The highest BCUT2D eigenvalue weighted by atomic mass is 16.6. The summed E-state index contributed by atoms with van der Waals surface area (Å²) in [6.45, 7) is 1.82. The number of carbonyl (C=O) groups is 1. The zero-order chi connectivity index (χ0) is 18.9. The van der Waals surface area contributed by atoms with Gasteiger partial charge in [-0.2, -0.15) is 5.26 Å². The van der Waals surface area contributed by atoms with Gasteiger partial charge in [-0.05, 0) is 30.7 Å². The van der Waals surface area contributed by atoms with E-state index in [1.54, 1.807) is 18.2 Å². The number of para-hydroxylation sites is 1. The van der Waals surface area contributed by atoms with Crippen LogP contribution in [0.5, 0.6) is 0 Å². The summed E-state index contributed by atoms with van der Waals surface area (Å²) in [4.78, 5) is 22.7. The van der Waals surface area contributed by atoms with Gasteiger partial charge >= 0.3 is 0 Å². The highest BCUT2D eigenvalue weighted by Gasteiger charge is 2.13. The summed E-state index contributed by atoms with van der Waals surface area (Å²) < 4.78 is 0. The lowest BCUT2D eigenvalue weighted by atomic mass is 10.1. The SMILES string of the molecule is CC(NC(=O)/C(C#N)=C\C=C\c1ccccc1[N+](=O)[O-])c1ccccc1. The van der Waals surface area contributed by atoms with Crippen LogP contribution in [-0.4, -0.2) is 10.8 Å². The number of rotatable bonds is 6. The molecular weight excluding hydrogens is 330 g/mol. The summed E-state index contributed by atoms with van der Waals surface area (Å²) in [5.74, 6) is -0.504. The quantitative estimate of drug-likeness (QED) is 0.281. The smallest absolute Gasteiger partial charge is 0.276 e. The first kappa shape index (κ1) is 18.6. The topological polar surface area (TPSA) is 96.0 Å². The predicted molar refractivity (Wildman–Crippen MR) is 98.8 cm³/mol. The van der Waals surface area contributed by atoms with E-state index < -0.39 is 10.8 Å². The molecule has 6 nitrogen and oxygen atoms in total. The van der Waals surface area contributed by atoms with Crippen LogP contribution in [0.4, 0.5) is 5.69 Å². The van der Waals surface area contributed by atoms with Gasteiger partial charge in [0.2, 0.25) is 0 Å². The highest BCUT2D eigenvalue weighted by molar-refractivity contribution is 5.97. The van der Waals surface area contributed by atoms with Crippen molar-refractivity contribution in [3.05, 3.63) is 93.6 Å². The lowest BCUT2D eigenvalue weighted by Gasteiger charge is -2.13. The van der Waals surface area contributed by atoms with Crippen LogP contribution in [0, 0.1) is 21.4 Å². The second-order valence-electron chi connectivity index (χ2n) is 5.47. The number of allylic oxidation sites excluding steroid dienone is 2. The van der Waals surface area contributed by atoms with E-state index in [0.29, 0.717) is 5.56 Å². The Kier molecular flexibility index (Phi) is 6.40. The second kappa shape index (κ2) is 8.94. The van der Waals surface area contributed by atoms with Gasteiger partial charge in [-0.1, -0.05) is 48.5 Å².